The minimum atomic E-state index is -0.688. The van der Waals surface area contributed by atoms with Gasteiger partial charge in [-0.05, 0) is 19.1 Å². The van der Waals surface area contributed by atoms with Gasteiger partial charge in [-0.1, -0.05) is 11.6 Å². The van der Waals surface area contributed by atoms with E-state index >= 15 is 0 Å². The lowest BCUT2D eigenvalue weighted by atomic mass is 10.3. The van der Waals surface area contributed by atoms with E-state index in [9.17, 15) is 9.90 Å². The smallest absolute Gasteiger partial charge is 0.241 e. The topological polar surface area (TPSA) is 95.0 Å². The van der Waals surface area contributed by atoms with Crippen molar-refractivity contribution in [1.29, 1.82) is 0 Å². The largest absolute Gasteiger partial charge is 0.386 e. The van der Waals surface area contributed by atoms with Crippen LogP contribution in [0.2, 0.25) is 4.34 Å². The highest BCUT2D eigenvalue weighted by molar-refractivity contribution is 14.0. The van der Waals surface area contributed by atoms with Crippen LogP contribution in [0.4, 0.5) is 0 Å². The number of nitrogens with one attached hydrogen (secondary N) is 3. The van der Waals surface area contributed by atoms with Crippen LogP contribution in [0.15, 0.2) is 17.1 Å². The standard InChI is InChI=1S/C14H23ClN4O3S.HI/c1-3-16-14(19-9-13(21)17-6-7-22-2)18-8-10(20)11-4-5-12(15)23-11;/h4-5,10,20H,3,6-9H2,1-2H3,(H,17,21)(H2,16,18,19);1H. The molecule has 1 amide bonds. The number of carbonyl (C=O) groups is 1. The van der Waals surface area contributed by atoms with Crippen LogP contribution in [0.25, 0.3) is 0 Å². The second kappa shape index (κ2) is 13.6. The van der Waals surface area contributed by atoms with Crippen molar-refractivity contribution < 1.29 is 14.6 Å². The fraction of sp³-hybridized carbons (Fsp3) is 0.571. The Labute approximate surface area is 168 Å². The Balaban J connectivity index is 0.00000529. The first-order valence-corrected chi connectivity index (χ1v) is 8.47. The maximum atomic E-state index is 11.6. The van der Waals surface area contributed by atoms with Gasteiger partial charge in [-0.2, -0.15) is 0 Å². The molecule has 1 aromatic rings. The quantitative estimate of drug-likeness (QED) is 0.182. The van der Waals surface area contributed by atoms with E-state index in [1.807, 2.05) is 6.92 Å². The third-order valence-electron chi connectivity index (χ3n) is 2.74. The molecule has 0 bridgehead atoms. The summed E-state index contributed by atoms with van der Waals surface area (Å²) in [5.41, 5.74) is 0. The van der Waals surface area contributed by atoms with Crippen LogP contribution in [-0.4, -0.2) is 56.9 Å². The van der Waals surface area contributed by atoms with Crippen molar-refractivity contribution in [2.75, 3.05) is 39.9 Å². The molecule has 0 aliphatic carbocycles. The van der Waals surface area contributed by atoms with E-state index in [2.05, 4.69) is 20.9 Å². The Morgan fingerprint density at radius 2 is 2.17 bits per heavy atom. The molecular weight excluding hydrogens is 467 g/mol. The Morgan fingerprint density at radius 3 is 2.75 bits per heavy atom. The van der Waals surface area contributed by atoms with E-state index in [1.54, 1.807) is 19.2 Å². The molecule has 1 atom stereocenters. The Morgan fingerprint density at radius 1 is 1.42 bits per heavy atom. The number of hydrogen-bond donors (Lipinski definition) is 4. The second-order valence-electron chi connectivity index (χ2n) is 4.58. The highest BCUT2D eigenvalue weighted by Gasteiger charge is 2.11. The highest BCUT2D eigenvalue weighted by Crippen LogP contribution is 2.26. The third kappa shape index (κ3) is 9.62. The molecule has 138 valence electrons. The molecule has 0 radical (unpaired) electrons. The molecule has 1 heterocycles. The van der Waals surface area contributed by atoms with Gasteiger partial charge >= 0.3 is 0 Å². The first kappa shape index (κ1) is 23.4. The Kier molecular flexibility index (Phi) is 13.3. The summed E-state index contributed by atoms with van der Waals surface area (Å²) in [6.07, 6.45) is -0.688. The van der Waals surface area contributed by atoms with Crippen LogP contribution in [0.3, 0.4) is 0 Å². The van der Waals surface area contributed by atoms with Gasteiger partial charge in [0.1, 0.15) is 12.6 Å². The number of carbonyl (C=O) groups excluding carboxylic acids is 1. The van der Waals surface area contributed by atoms with Crippen LogP contribution in [0.1, 0.15) is 17.9 Å². The molecule has 24 heavy (non-hydrogen) atoms. The number of aliphatic hydroxyl groups is 1. The number of nitrogens with zero attached hydrogens (tertiary/aromatic N) is 1. The van der Waals surface area contributed by atoms with Crippen molar-refractivity contribution in [2.24, 2.45) is 4.99 Å². The van der Waals surface area contributed by atoms with Crippen LogP contribution >= 0.6 is 46.9 Å². The molecular formula is C14H24ClIN4O3S. The van der Waals surface area contributed by atoms with Crippen molar-refractivity contribution in [1.82, 2.24) is 16.0 Å². The van der Waals surface area contributed by atoms with Gasteiger partial charge in [0.25, 0.3) is 0 Å². The van der Waals surface area contributed by atoms with Crippen LogP contribution in [0, 0.1) is 0 Å². The summed E-state index contributed by atoms with van der Waals surface area (Å²) < 4.78 is 5.49. The van der Waals surface area contributed by atoms with Crippen molar-refractivity contribution in [2.45, 2.75) is 13.0 Å². The SMILES string of the molecule is CCNC(=NCC(=O)NCCOC)NCC(O)c1ccc(Cl)s1.I. The predicted molar refractivity (Wildman–Crippen MR) is 109 cm³/mol. The molecule has 0 saturated carbocycles. The van der Waals surface area contributed by atoms with Gasteiger partial charge in [0, 0.05) is 31.6 Å². The van der Waals surface area contributed by atoms with Crippen molar-refractivity contribution in [3.05, 3.63) is 21.3 Å². The van der Waals surface area contributed by atoms with Crippen molar-refractivity contribution in [3.8, 4) is 0 Å². The number of hydrogen-bond acceptors (Lipinski definition) is 5. The summed E-state index contributed by atoms with van der Waals surface area (Å²) in [7, 11) is 1.57. The van der Waals surface area contributed by atoms with Crippen LogP contribution < -0.4 is 16.0 Å². The minimum Gasteiger partial charge on any atom is -0.386 e. The summed E-state index contributed by atoms with van der Waals surface area (Å²) in [6.45, 7) is 3.76. The first-order chi connectivity index (χ1) is 11.1. The number of ether oxygens (including phenoxy) is 1. The fourth-order valence-corrected chi connectivity index (χ4v) is 2.69. The molecule has 1 rings (SSSR count). The molecule has 10 heteroatoms. The van der Waals surface area contributed by atoms with Crippen molar-refractivity contribution >= 4 is 58.8 Å². The second-order valence-corrected chi connectivity index (χ2v) is 6.32. The molecule has 0 aliphatic heterocycles. The van der Waals surface area contributed by atoms with Gasteiger partial charge in [0.2, 0.25) is 5.91 Å². The molecule has 7 nitrogen and oxygen atoms in total. The molecule has 0 fully saturated rings. The Bertz CT molecular complexity index is 516. The van der Waals surface area contributed by atoms with E-state index in [-0.39, 0.29) is 43.0 Å². The number of halogens is 2. The van der Waals surface area contributed by atoms with Gasteiger partial charge < -0.3 is 25.8 Å². The van der Waals surface area contributed by atoms with Crippen LogP contribution in [0.5, 0.6) is 0 Å². The fourth-order valence-electron chi connectivity index (χ4n) is 1.64. The summed E-state index contributed by atoms with van der Waals surface area (Å²) in [5, 5.41) is 18.8. The molecule has 0 spiro atoms. The highest BCUT2D eigenvalue weighted by atomic mass is 127. The molecule has 1 unspecified atom stereocenters. The normalized spacial score (nSPS) is 12.2. The summed E-state index contributed by atoms with van der Waals surface area (Å²) in [4.78, 5) is 16.5. The zero-order chi connectivity index (χ0) is 17.1. The lowest BCUT2D eigenvalue weighted by Gasteiger charge is -2.14. The molecule has 0 aromatic carbocycles. The van der Waals surface area contributed by atoms with Crippen molar-refractivity contribution in [3.63, 3.8) is 0 Å². The first-order valence-electron chi connectivity index (χ1n) is 7.28. The van der Waals surface area contributed by atoms with Gasteiger partial charge in [-0.15, -0.1) is 35.3 Å². The maximum absolute atomic E-state index is 11.6. The average Bonchev–Trinajstić information content (AvgIpc) is 2.96. The van der Waals surface area contributed by atoms with Gasteiger partial charge in [-0.25, -0.2) is 4.99 Å². The number of amides is 1. The van der Waals surface area contributed by atoms with E-state index in [4.69, 9.17) is 16.3 Å². The molecule has 1 aromatic heterocycles. The molecule has 0 saturated heterocycles. The zero-order valence-corrected chi connectivity index (χ0v) is 17.6. The number of methoxy groups -OCH3 is 1. The zero-order valence-electron chi connectivity index (χ0n) is 13.7. The molecule has 4 N–H and O–H groups in total. The summed E-state index contributed by atoms with van der Waals surface area (Å²) >= 11 is 7.18. The third-order valence-corrected chi connectivity index (χ3v) is 4.07. The van der Waals surface area contributed by atoms with Gasteiger partial charge in [0.05, 0.1) is 10.9 Å². The van der Waals surface area contributed by atoms with E-state index in [0.717, 1.165) is 4.88 Å². The van der Waals surface area contributed by atoms with E-state index < -0.39 is 6.10 Å². The maximum Gasteiger partial charge on any atom is 0.241 e. The van der Waals surface area contributed by atoms with Gasteiger partial charge in [0.15, 0.2) is 5.96 Å². The molecule has 0 aliphatic rings. The lowest BCUT2D eigenvalue weighted by molar-refractivity contribution is -0.119. The van der Waals surface area contributed by atoms with Crippen LogP contribution in [-0.2, 0) is 9.53 Å². The number of guanidine groups is 1. The van der Waals surface area contributed by atoms with Gasteiger partial charge in [-0.3, -0.25) is 4.79 Å². The Hall–Kier alpha value is -0.620. The average molecular weight is 491 g/mol. The minimum absolute atomic E-state index is 0. The number of thiophene rings is 1. The lowest BCUT2D eigenvalue weighted by Crippen LogP contribution is -2.40. The monoisotopic (exact) mass is 490 g/mol. The van der Waals surface area contributed by atoms with E-state index in [0.29, 0.717) is 30.0 Å². The van der Waals surface area contributed by atoms with E-state index in [1.165, 1.54) is 11.3 Å². The summed E-state index contributed by atoms with van der Waals surface area (Å²) in [6, 6.07) is 3.53. The number of aliphatic imine (C=N–C) groups is 1. The summed E-state index contributed by atoms with van der Waals surface area (Å²) in [5.74, 6) is 0.279. The number of aliphatic hydroxyl groups excluding tert-OH is 1. The number of rotatable bonds is 9. The predicted octanol–water partition coefficient (Wildman–Crippen LogP) is 1.37.